The van der Waals surface area contributed by atoms with E-state index in [0.717, 1.165) is 17.7 Å². The Morgan fingerprint density at radius 3 is 2.68 bits per heavy atom. The van der Waals surface area contributed by atoms with Gasteiger partial charge in [0.25, 0.3) is 0 Å². The minimum Gasteiger partial charge on any atom is -0.382 e. The zero-order valence-corrected chi connectivity index (χ0v) is 16.4. The summed E-state index contributed by atoms with van der Waals surface area (Å²) in [5.41, 5.74) is -0.864. The molecular weight excluding hydrogens is 409 g/mol. The number of pyridine rings is 1. The molecule has 1 aromatic carbocycles. The van der Waals surface area contributed by atoms with Crippen LogP contribution in [0.3, 0.4) is 0 Å². The fourth-order valence-electron chi connectivity index (χ4n) is 2.61. The molecule has 148 valence electrons. The van der Waals surface area contributed by atoms with E-state index in [4.69, 9.17) is 0 Å². The van der Waals surface area contributed by atoms with Crippen LogP contribution in [0.2, 0.25) is 0 Å². The fourth-order valence-corrected chi connectivity index (χ4v) is 5.25. The van der Waals surface area contributed by atoms with Crippen LogP contribution in [-0.4, -0.2) is 30.1 Å². The molecule has 2 atom stereocenters. The van der Waals surface area contributed by atoms with Crippen molar-refractivity contribution in [3.63, 3.8) is 0 Å². The quantitative estimate of drug-likeness (QED) is 0.435. The van der Waals surface area contributed by atoms with Gasteiger partial charge in [-0.1, -0.05) is 33.7 Å². The molecule has 3 aromatic rings. The lowest BCUT2D eigenvalue weighted by Gasteiger charge is -2.34. The second kappa shape index (κ2) is 8.97. The summed E-state index contributed by atoms with van der Waals surface area (Å²) in [4.78, 5) is 7.44. The van der Waals surface area contributed by atoms with E-state index >= 15 is 0 Å². The van der Waals surface area contributed by atoms with E-state index in [1.54, 1.807) is 13.0 Å². The molecule has 0 fully saturated rings. The van der Waals surface area contributed by atoms with Gasteiger partial charge in [0.15, 0.2) is 0 Å². The van der Waals surface area contributed by atoms with Crippen LogP contribution < -0.4 is 0 Å². The molecule has 0 unspecified atom stereocenters. The van der Waals surface area contributed by atoms with Gasteiger partial charge in [-0.25, -0.2) is 23.4 Å². The Balaban J connectivity index is 1.78. The van der Waals surface area contributed by atoms with Gasteiger partial charge in [-0.15, -0.1) is 0 Å². The number of rotatable bonds is 8. The summed E-state index contributed by atoms with van der Waals surface area (Å²) in [6, 6.07) is 6.00. The Hall–Kier alpha value is -2.04. The lowest BCUT2D eigenvalue weighted by atomic mass is 9.90. The van der Waals surface area contributed by atoms with Gasteiger partial charge in [0.2, 0.25) is 5.95 Å². The van der Waals surface area contributed by atoms with Crippen molar-refractivity contribution >= 4 is 21.6 Å². The van der Waals surface area contributed by atoms with Crippen LogP contribution in [0, 0.1) is 17.6 Å². The third kappa shape index (κ3) is 4.86. The SMILES string of the molecule is C[C@@H](SSCc1ccc(F)nc1)[C@](O)(Cn1cncn1)c1ccc(F)cc1F. The lowest BCUT2D eigenvalue weighted by molar-refractivity contribution is 0.0137. The Kier molecular flexibility index (Phi) is 6.63. The van der Waals surface area contributed by atoms with Crippen LogP contribution in [0.1, 0.15) is 18.1 Å². The van der Waals surface area contributed by atoms with Gasteiger partial charge in [0, 0.05) is 28.8 Å². The van der Waals surface area contributed by atoms with Crippen LogP contribution in [0.5, 0.6) is 0 Å². The predicted octanol–water partition coefficient (Wildman–Crippen LogP) is 3.95. The van der Waals surface area contributed by atoms with Crippen molar-refractivity contribution < 1.29 is 18.3 Å². The van der Waals surface area contributed by atoms with Crippen LogP contribution >= 0.6 is 21.6 Å². The van der Waals surface area contributed by atoms with Gasteiger partial charge < -0.3 is 5.11 Å². The van der Waals surface area contributed by atoms with Crippen LogP contribution in [-0.2, 0) is 17.9 Å². The summed E-state index contributed by atoms with van der Waals surface area (Å²) in [5.74, 6) is -1.58. The molecule has 0 aliphatic heterocycles. The van der Waals surface area contributed by atoms with Gasteiger partial charge in [-0.05, 0) is 24.6 Å². The van der Waals surface area contributed by atoms with Gasteiger partial charge in [-0.3, -0.25) is 0 Å². The number of aliphatic hydroxyl groups is 1. The average Bonchev–Trinajstić information content (AvgIpc) is 3.15. The van der Waals surface area contributed by atoms with E-state index in [2.05, 4.69) is 15.1 Å². The molecule has 2 heterocycles. The van der Waals surface area contributed by atoms with Crippen molar-refractivity contribution in [3.05, 3.63) is 77.9 Å². The molecule has 0 radical (unpaired) electrons. The highest BCUT2D eigenvalue weighted by molar-refractivity contribution is 8.76. The van der Waals surface area contributed by atoms with E-state index in [1.807, 2.05) is 0 Å². The van der Waals surface area contributed by atoms with Crippen LogP contribution in [0.25, 0.3) is 0 Å². The second-order valence-electron chi connectivity index (χ2n) is 6.13. The maximum Gasteiger partial charge on any atom is 0.212 e. The van der Waals surface area contributed by atoms with Crippen LogP contribution in [0.15, 0.2) is 49.2 Å². The molecule has 0 aliphatic rings. The van der Waals surface area contributed by atoms with E-state index in [9.17, 15) is 18.3 Å². The molecule has 2 aromatic heterocycles. The first-order chi connectivity index (χ1) is 13.4. The Labute approximate surface area is 167 Å². The molecule has 0 bridgehead atoms. The first-order valence-corrected chi connectivity index (χ1v) is 10.7. The summed E-state index contributed by atoms with van der Waals surface area (Å²) < 4.78 is 42.1. The maximum absolute atomic E-state index is 14.5. The molecule has 3 rings (SSSR count). The Morgan fingerprint density at radius 2 is 2.04 bits per heavy atom. The molecule has 0 saturated heterocycles. The van der Waals surface area contributed by atoms with Crippen molar-refractivity contribution in [2.75, 3.05) is 0 Å². The highest BCUT2D eigenvalue weighted by atomic mass is 33.1. The molecular formula is C18H17F3N4OS2. The van der Waals surface area contributed by atoms with E-state index < -0.39 is 28.4 Å². The molecule has 5 nitrogen and oxygen atoms in total. The van der Waals surface area contributed by atoms with Crippen molar-refractivity contribution in [3.8, 4) is 0 Å². The topological polar surface area (TPSA) is 63.8 Å². The van der Waals surface area contributed by atoms with Gasteiger partial charge in [0.05, 0.1) is 6.54 Å². The number of aromatic nitrogens is 4. The monoisotopic (exact) mass is 426 g/mol. The molecule has 10 heteroatoms. The zero-order chi connectivity index (χ0) is 20.1. The Bertz CT molecular complexity index is 912. The number of hydrogen-bond donors (Lipinski definition) is 1. The number of nitrogens with zero attached hydrogens (tertiary/aromatic N) is 4. The predicted molar refractivity (Wildman–Crippen MR) is 103 cm³/mol. The second-order valence-corrected chi connectivity index (χ2v) is 8.84. The van der Waals surface area contributed by atoms with Gasteiger partial charge >= 0.3 is 0 Å². The standard InChI is InChI=1S/C18H17F3N4OS2/c1-12(28-27-8-13-2-5-17(21)23-7-13)18(26,9-25-11-22-10-24-25)15-4-3-14(19)6-16(15)20/h2-7,10-12,26H,8-9H2,1H3/t12-,18-/m1/s1. The van der Waals surface area contributed by atoms with Crippen LogP contribution in [0.4, 0.5) is 13.2 Å². The number of benzene rings is 1. The molecule has 28 heavy (non-hydrogen) atoms. The third-order valence-corrected chi connectivity index (χ3v) is 7.06. The van der Waals surface area contributed by atoms with Crippen molar-refractivity contribution in [2.45, 2.75) is 30.1 Å². The summed E-state index contributed by atoms with van der Waals surface area (Å²) in [7, 11) is 2.75. The van der Waals surface area contributed by atoms with E-state index in [1.165, 1.54) is 57.3 Å². The van der Waals surface area contributed by atoms with Crippen molar-refractivity contribution in [1.82, 2.24) is 19.7 Å². The first-order valence-electron chi connectivity index (χ1n) is 8.27. The lowest BCUT2D eigenvalue weighted by Crippen LogP contribution is -2.41. The summed E-state index contributed by atoms with van der Waals surface area (Å²) in [6.07, 6.45) is 4.17. The summed E-state index contributed by atoms with van der Waals surface area (Å²) in [5, 5.41) is 14.9. The minimum absolute atomic E-state index is 0.0200. The summed E-state index contributed by atoms with van der Waals surface area (Å²) >= 11 is 0. The fraction of sp³-hybridized carbons (Fsp3) is 0.278. The van der Waals surface area contributed by atoms with E-state index in [0.29, 0.717) is 5.75 Å². The highest BCUT2D eigenvalue weighted by Crippen LogP contribution is 2.41. The summed E-state index contributed by atoms with van der Waals surface area (Å²) in [6.45, 7) is 1.70. The molecule has 0 saturated carbocycles. The largest absolute Gasteiger partial charge is 0.382 e. The van der Waals surface area contributed by atoms with Crippen molar-refractivity contribution in [1.29, 1.82) is 0 Å². The number of hydrogen-bond acceptors (Lipinski definition) is 6. The van der Waals surface area contributed by atoms with Gasteiger partial charge in [-0.2, -0.15) is 9.49 Å². The highest BCUT2D eigenvalue weighted by Gasteiger charge is 2.39. The Morgan fingerprint density at radius 1 is 1.21 bits per heavy atom. The molecule has 0 amide bonds. The molecule has 0 spiro atoms. The van der Waals surface area contributed by atoms with E-state index in [-0.39, 0.29) is 12.1 Å². The first kappa shape index (κ1) is 20.7. The minimum atomic E-state index is -1.66. The number of halogens is 3. The maximum atomic E-state index is 14.5. The van der Waals surface area contributed by atoms with Crippen molar-refractivity contribution in [2.24, 2.45) is 0 Å². The molecule has 0 aliphatic carbocycles. The molecule has 1 N–H and O–H groups in total. The zero-order valence-electron chi connectivity index (χ0n) is 14.8. The normalized spacial score (nSPS) is 14.6. The average molecular weight is 426 g/mol. The van der Waals surface area contributed by atoms with Gasteiger partial charge in [0.1, 0.15) is 29.9 Å². The smallest absolute Gasteiger partial charge is 0.212 e. The third-order valence-electron chi connectivity index (χ3n) is 4.17.